The van der Waals surface area contributed by atoms with Crippen molar-refractivity contribution in [3.63, 3.8) is 0 Å². The highest BCUT2D eigenvalue weighted by atomic mass is 16.5. The van der Waals surface area contributed by atoms with Gasteiger partial charge in [-0.05, 0) is 25.5 Å². The lowest BCUT2D eigenvalue weighted by Gasteiger charge is -2.11. The number of nitrogens with zero attached hydrogens (tertiary/aromatic N) is 2. The number of carbonyl (C=O) groups excluding carboxylic acids is 1. The van der Waals surface area contributed by atoms with Crippen molar-refractivity contribution in [1.82, 2.24) is 9.97 Å². The molecular weight excluding hydrogens is 256 g/mol. The monoisotopic (exact) mass is 274 g/mol. The first-order chi connectivity index (χ1) is 9.72. The highest BCUT2D eigenvalue weighted by Crippen LogP contribution is 2.25. The number of hydrogen-bond donors (Lipinski definition) is 2. The van der Waals surface area contributed by atoms with E-state index in [1.807, 2.05) is 12.1 Å². The summed E-state index contributed by atoms with van der Waals surface area (Å²) in [5.41, 5.74) is 8.76. The van der Waals surface area contributed by atoms with Crippen LogP contribution < -0.4 is 11.1 Å². The van der Waals surface area contributed by atoms with E-state index in [2.05, 4.69) is 15.3 Å². The van der Waals surface area contributed by atoms with E-state index in [9.17, 15) is 4.79 Å². The Kier molecular flexibility index (Phi) is 4.70. The average Bonchev–Trinajstić information content (AvgIpc) is 2.45. The zero-order chi connectivity index (χ0) is 14.4. The summed E-state index contributed by atoms with van der Waals surface area (Å²) in [7, 11) is 0. The normalized spacial score (nSPS) is 10.4. The van der Waals surface area contributed by atoms with Gasteiger partial charge in [-0.25, -0.2) is 0 Å². The van der Waals surface area contributed by atoms with Crippen molar-refractivity contribution in [1.29, 1.82) is 0 Å². The van der Waals surface area contributed by atoms with E-state index in [-0.39, 0.29) is 5.97 Å². The fourth-order valence-corrected chi connectivity index (χ4v) is 1.90. The largest absolute Gasteiger partial charge is 0.466 e. The molecule has 0 atom stereocenters. The van der Waals surface area contributed by atoms with Gasteiger partial charge in [0.25, 0.3) is 0 Å². The third-order valence-corrected chi connectivity index (χ3v) is 2.82. The van der Waals surface area contributed by atoms with Gasteiger partial charge in [-0.1, -0.05) is 0 Å². The number of hydrogen-bond acceptors (Lipinski definition) is 6. The lowest BCUT2D eigenvalue weighted by atomic mass is 10.2. The van der Waals surface area contributed by atoms with Gasteiger partial charge in [-0.3, -0.25) is 14.8 Å². The molecule has 0 unspecified atom stereocenters. The van der Waals surface area contributed by atoms with Crippen LogP contribution >= 0.6 is 0 Å². The number of ether oxygens (including phenoxy) is 1. The first-order valence-electron chi connectivity index (χ1n) is 6.61. The van der Waals surface area contributed by atoms with Crippen molar-refractivity contribution in [2.24, 2.45) is 0 Å². The van der Waals surface area contributed by atoms with Crippen LogP contribution in [0.1, 0.15) is 19.8 Å². The van der Waals surface area contributed by atoms with Crippen molar-refractivity contribution < 1.29 is 9.53 Å². The molecule has 6 heteroatoms. The molecule has 0 radical (unpaired) electrons. The average molecular weight is 274 g/mol. The molecule has 6 nitrogen and oxygen atoms in total. The Balaban J connectivity index is 1.99. The Morgan fingerprint density at radius 1 is 1.45 bits per heavy atom. The summed E-state index contributed by atoms with van der Waals surface area (Å²) in [6, 6.07) is 3.71. The molecule has 20 heavy (non-hydrogen) atoms. The van der Waals surface area contributed by atoms with Gasteiger partial charge in [0.2, 0.25) is 0 Å². The number of nitrogens with two attached hydrogens (primary N) is 1. The summed E-state index contributed by atoms with van der Waals surface area (Å²) < 4.78 is 4.87. The third kappa shape index (κ3) is 3.34. The van der Waals surface area contributed by atoms with Gasteiger partial charge >= 0.3 is 5.97 Å². The molecule has 0 saturated heterocycles. The number of carbonyl (C=O) groups is 1. The highest BCUT2D eigenvalue weighted by molar-refractivity contribution is 5.93. The molecule has 0 aliphatic rings. The summed E-state index contributed by atoms with van der Waals surface area (Å²) in [5, 5.41) is 3.22. The van der Waals surface area contributed by atoms with Crippen LogP contribution in [0, 0.1) is 0 Å². The van der Waals surface area contributed by atoms with Crippen LogP contribution in [0.4, 0.5) is 11.4 Å². The fourth-order valence-electron chi connectivity index (χ4n) is 1.90. The maximum atomic E-state index is 11.2. The maximum Gasteiger partial charge on any atom is 0.305 e. The van der Waals surface area contributed by atoms with Crippen LogP contribution in [0.2, 0.25) is 0 Å². The molecule has 0 saturated carbocycles. The van der Waals surface area contributed by atoms with Gasteiger partial charge in [0.1, 0.15) is 5.52 Å². The summed E-state index contributed by atoms with van der Waals surface area (Å²) in [6.45, 7) is 2.84. The van der Waals surface area contributed by atoms with E-state index in [0.29, 0.717) is 31.7 Å². The molecule has 2 heterocycles. The SMILES string of the molecule is CCOC(=O)CCCNc1c(N)cnc2cccnc12. The molecule has 0 bridgehead atoms. The van der Waals surface area contributed by atoms with Crippen LogP contribution in [-0.4, -0.2) is 29.1 Å². The fraction of sp³-hybridized carbons (Fsp3) is 0.357. The molecule has 3 N–H and O–H groups in total. The van der Waals surface area contributed by atoms with Crippen LogP contribution in [-0.2, 0) is 9.53 Å². The molecule has 0 amide bonds. The summed E-state index contributed by atoms with van der Waals surface area (Å²) >= 11 is 0. The molecule has 2 rings (SSSR count). The quantitative estimate of drug-likeness (QED) is 0.618. The van der Waals surface area contributed by atoms with Crippen molar-refractivity contribution in [2.45, 2.75) is 19.8 Å². The second-order valence-corrected chi connectivity index (χ2v) is 4.30. The number of nitrogens with one attached hydrogen (secondary N) is 1. The van der Waals surface area contributed by atoms with Gasteiger partial charge in [-0.2, -0.15) is 0 Å². The Bertz CT molecular complexity index is 601. The maximum absolute atomic E-state index is 11.2. The van der Waals surface area contributed by atoms with E-state index in [4.69, 9.17) is 10.5 Å². The Labute approximate surface area is 117 Å². The second-order valence-electron chi connectivity index (χ2n) is 4.30. The summed E-state index contributed by atoms with van der Waals surface area (Å²) in [4.78, 5) is 19.7. The van der Waals surface area contributed by atoms with Gasteiger partial charge in [0, 0.05) is 19.2 Å². The number of rotatable bonds is 6. The molecule has 106 valence electrons. The van der Waals surface area contributed by atoms with Crippen LogP contribution in [0.15, 0.2) is 24.5 Å². The number of nitrogen functional groups attached to an aromatic ring is 1. The third-order valence-electron chi connectivity index (χ3n) is 2.82. The lowest BCUT2D eigenvalue weighted by Crippen LogP contribution is -2.10. The standard InChI is InChI=1S/C14H18N4O2/c1-2-20-12(19)6-4-8-16-13-10(15)9-18-11-5-3-7-17-14(11)13/h3,5,7,9H,2,4,6,8,15H2,1H3,(H,16,18). The molecule has 0 aliphatic carbocycles. The highest BCUT2D eigenvalue weighted by Gasteiger charge is 2.07. The first-order valence-corrected chi connectivity index (χ1v) is 6.61. The molecule has 0 fully saturated rings. The zero-order valence-electron chi connectivity index (χ0n) is 11.4. The predicted octanol–water partition coefficient (Wildman–Crippen LogP) is 1.97. The number of fused-ring (bicyclic) bond motifs is 1. The van der Waals surface area contributed by atoms with Crippen molar-refractivity contribution >= 4 is 28.4 Å². The minimum absolute atomic E-state index is 0.181. The van der Waals surface area contributed by atoms with Gasteiger partial charge < -0.3 is 15.8 Å². The van der Waals surface area contributed by atoms with Gasteiger partial charge in [0.15, 0.2) is 0 Å². The van der Waals surface area contributed by atoms with E-state index in [1.165, 1.54) is 0 Å². The van der Waals surface area contributed by atoms with E-state index < -0.39 is 0 Å². The Morgan fingerprint density at radius 3 is 3.10 bits per heavy atom. The lowest BCUT2D eigenvalue weighted by molar-refractivity contribution is -0.143. The zero-order valence-corrected chi connectivity index (χ0v) is 11.4. The van der Waals surface area contributed by atoms with Crippen LogP contribution in [0.25, 0.3) is 11.0 Å². The van der Waals surface area contributed by atoms with Crippen molar-refractivity contribution in [3.8, 4) is 0 Å². The Hall–Kier alpha value is -2.37. The summed E-state index contributed by atoms with van der Waals surface area (Å²) in [5.74, 6) is -0.181. The summed E-state index contributed by atoms with van der Waals surface area (Å²) in [6.07, 6.45) is 4.37. The molecule has 0 spiro atoms. The Morgan fingerprint density at radius 2 is 2.30 bits per heavy atom. The predicted molar refractivity (Wildman–Crippen MR) is 78.3 cm³/mol. The molecule has 0 aliphatic heterocycles. The smallest absolute Gasteiger partial charge is 0.305 e. The molecular formula is C14H18N4O2. The molecule has 0 aromatic carbocycles. The minimum Gasteiger partial charge on any atom is -0.466 e. The number of anilines is 2. The van der Waals surface area contributed by atoms with Gasteiger partial charge in [0.05, 0.1) is 29.7 Å². The van der Waals surface area contributed by atoms with Crippen LogP contribution in [0.3, 0.4) is 0 Å². The van der Waals surface area contributed by atoms with E-state index >= 15 is 0 Å². The first kappa shape index (κ1) is 14.0. The minimum atomic E-state index is -0.181. The number of pyridine rings is 2. The number of esters is 1. The van der Waals surface area contributed by atoms with Gasteiger partial charge in [-0.15, -0.1) is 0 Å². The topological polar surface area (TPSA) is 90.1 Å². The van der Waals surface area contributed by atoms with E-state index in [1.54, 1.807) is 19.3 Å². The molecule has 2 aromatic rings. The molecule has 2 aromatic heterocycles. The van der Waals surface area contributed by atoms with Crippen molar-refractivity contribution in [2.75, 3.05) is 24.2 Å². The van der Waals surface area contributed by atoms with Crippen molar-refractivity contribution in [3.05, 3.63) is 24.5 Å². The second kappa shape index (κ2) is 6.70. The van der Waals surface area contributed by atoms with E-state index in [0.717, 1.165) is 16.7 Å². The number of aromatic nitrogens is 2. The van der Waals surface area contributed by atoms with Crippen LogP contribution in [0.5, 0.6) is 0 Å².